The zero-order chi connectivity index (χ0) is 14.2. The second-order valence-electron chi connectivity index (χ2n) is 5.51. The number of benzene rings is 2. The molecule has 0 fully saturated rings. The van der Waals surface area contributed by atoms with E-state index >= 15 is 0 Å². The summed E-state index contributed by atoms with van der Waals surface area (Å²) >= 11 is 1.83. The predicted molar refractivity (Wildman–Crippen MR) is 92.5 cm³/mol. The lowest BCUT2D eigenvalue weighted by molar-refractivity contribution is 1.25. The molecule has 1 heteroatoms. The Labute approximate surface area is 129 Å². The first-order valence-electron chi connectivity index (χ1n) is 7.25. The Balaban J connectivity index is 1.88. The smallest absolute Gasteiger partial charge is 0.0305 e. The van der Waals surface area contributed by atoms with Crippen molar-refractivity contribution in [3.8, 4) is 11.1 Å². The Hall–Kier alpha value is -2.12. The number of thiophene rings is 1. The van der Waals surface area contributed by atoms with Gasteiger partial charge >= 0.3 is 0 Å². The van der Waals surface area contributed by atoms with Gasteiger partial charge in [0.05, 0.1) is 0 Å². The third kappa shape index (κ3) is 2.14. The topological polar surface area (TPSA) is 0 Å². The van der Waals surface area contributed by atoms with E-state index in [2.05, 4.69) is 73.0 Å². The minimum absolute atomic E-state index is 1.06. The Morgan fingerprint density at radius 1 is 0.905 bits per heavy atom. The molecule has 102 valence electrons. The number of hydrogen-bond acceptors (Lipinski definition) is 1. The third-order valence-corrected chi connectivity index (χ3v) is 5.14. The first-order valence-corrected chi connectivity index (χ1v) is 8.13. The summed E-state index contributed by atoms with van der Waals surface area (Å²) in [7, 11) is 0. The summed E-state index contributed by atoms with van der Waals surface area (Å²) in [5, 5.41) is 2.16. The summed E-state index contributed by atoms with van der Waals surface area (Å²) in [5.74, 6) is 0. The van der Waals surface area contributed by atoms with Gasteiger partial charge in [-0.25, -0.2) is 0 Å². The second-order valence-corrected chi connectivity index (χ2v) is 6.46. The highest BCUT2D eigenvalue weighted by molar-refractivity contribution is 7.11. The Morgan fingerprint density at radius 3 is 2.52 bits per heavy atom. The van der Waals surface area contributed by atoms with E-state index in [9.17, 15) is 0 Å². The number of aryl methyl sites for hydroxylation is 1. The van der Waals surface area contributed by atoms with Crippen LogP contribution in [0.5, 0.6) is 0 Å². The molecular weight excluding hydrogens is 272 g/mol. The SMILES string of the molecule is Cc1ccc(-c2ccccc2)c2c1CC(c1cccs1)=C2. The maximum atomic E-state index is 2.39. The van der Waals surface area contributed by atoms with Crippen molar-refractivity contribution in [2.45, 2.75) is 13.3 Å². The van der Waals surface area contributed by atoms with Crippen LogP contribution >= 0.6 is 11.3 Å². The van der Waals surface area contributed by atoms with Crippen LogP contribution in [-0.4, -0.2) is 0 Å². The van der Waals surface area contributed by atoms with Crippen LogP contribution in [0.2, 0.25) is 0 Å². The van der Waals surface area contributed by atoms with Crippen LogP contribution in [-0.2, 0) is 6.42 Å². The molecule has 0 saturated heterocycles. The quantitative estimate of drug-likeness (QED) is 0.557. The highest BCUT2D eigenvalue weighted by atomic mass is 32.1. The van der Waals surface area contributed by atoms with E-state index in [0.29, 0.717) is 0 Å². The Morgan fingerprint density at radius 2 is 1.76 bits per heavy atom. The number of hydrogen-bond donors (Lipinski definition) is 0. The maximum absolute atomic E-state index is 2.39. The lowest BCUT2D eigenvalue weighted by atomic mass is 9.94. The van der Waals surface area contributed by atoms with Gasteiger partial charge in [0, 0.05) is 4.88 Å². The standard InChI is InChI=1S/C20H16S/c1-14-9-10-17(15-6-3-2-4-7-15)19-13-16(12-18(14)19)20-8-5-11-21-20/h2-11,13H,12H2,1H3. The van der Waals surface area contributed by atoms with Crippen molar-refractivity contribution in [3.63, 3.8) is 0 Å². The average molecular weight is 288 g/mol. The molecule has 2 aromatic carbocycles. The fraction of sp³-hybridized carbons (Fsp3) is 0.100. The van der Waals surface area contributed by atoms with E-state index in [0.717, 1.165) is 6.42 Å². The molecule has 0 amide bonds. The number of allylic oxidation sites excluding steroid dienone is 1. The molecule has 0 nitrogen and oxygen atoms in total. The zero-order valence-electron chi connectivity index (χ0n) is 12.0. The first-order chi connectivity index (χ1) is 10.3. The molecule has 0 spiro atoms. The van der Waals surface area contributed by atoms with E-state index < -0.39 is 0 Å². The van der Waals surface area contributed by atoms with Crippen LogP contribution in [0.1, 0.15) is 21.6 Å². The summed E-state index contributed by atoms with van der Waals surface area (Å²) in [6.07, 6.45) is 3.44. The van der Waals surface area contributed by atoms with Gasteiger partial charge in [0.1, 0.15) is 0 Å². The highest BCUT2D eigenvalue weighted by Gasteiger charge is 2.19. The fourth-order valence-corrected chi connectivity index (χ4v) is 3.82. The van der Waals surface area contributed by atoms with Crippen LogP contribution in [0.4, 0.5) is 0 Å². The van der Waals surface area contributed by atoms with Gasteiger partial charge in [-0.1, -0.05) is 48.5 Å². The Bertz CT molecular complexity index is 809. The summed E-state index contributed by atoms with van der Waals surface area (Å²) < 4.78 is 0. The molecule has 0 bridgehead atoms. The van der Waals surface area contributed by atoms with Crippen LogP contribution < -0.4 is 0 Å². The Kier molecular flexibility index (Phi) is 3.01. The molecule has 0 saturated carbocycles. The minimum atomic E-state index is 1.06. The van der Waals surface area contributed by atoms with E-state index in [4.69, 9.17) is 0 Å². The molecule has 1 heterocycles. The van der Waals surface area contributed by atoms with Gasteiger partial charge in [0.25, 0.3) is 0 Å². The number of fused-ring (bicyclic) bond motifs is 1. The van der Waals surface area contributed by atoms with Gasteiger partial charge in [-0.3, -0.25) is 0 Å². The van der Waals surface area contributed by atoms with Gasteiger partial charge in [0.15, 0.2) is 0 Å². The van der Waals surface area contributed by atoms with Crippen molar-refractivity contribution < 1.29 is 0 Å². The molecular formula is C20H16S. The molecule has 0 unspecified atom stereocenters. The third-order valence-electron chi connectivity index (χ3n) is 4.20. The van der Waals surface area contributed by atoms with Gasteiger partial charge in [-0.05, 0) is 64.3 Å². The van der Waals surface area contributed by atoms with Crippen LogP contribution in [0.3, 0.4) is 0 Å². The normalized spacial score (nSPS) is 13.1. The highest BCUT2D eigenvalue weighted by Crippen LogP contribution is 2.40. The van der Waals surface area contributed by atoms with Gasteiger partial charge in [-0.15, -0.1) is 11.3 Å². The van der Waals surface area contributed by atoms with E-state index in [-0.39, 0.29) is 0 Å². The summed E-state index contributed by atoms with van der Waals surface area (Å²) in [6.45, 7) is 2.22. The number of rotatable bonds is 2. The van der Waals surface area contributed by atoms with Gasteiger partial charge in [-0.2, -0.15) is 0 Å². The fourth-order valence-electron chi connectivity index (χ4n) is 3.08. The predicted octanol–water partition coefficient (Wildman–Crippen LogP) is 5.82. The van der Waals surface area contributed by atoms with E-state index in [1.165, 1.54) is 38.3 Å². The van der Waals surface area contributed by atoms with Crippen LogP contribution in [0, 0.1) is 6.92 Å². The molecule has 21 heavy (non-hydrogen) atoms. The summed E-state index contributed by atoms with van der Waals surface area (Å²) in [6, 6.07) is 19.6. The monoisotopic (exact) mass is 288 g/mol. The van der Waals surface area contributed by atoms with Crippen molar-refractivity contribution in [2.24, 2.45) is 0 Å². The van der Waals surface area contributed by atoms with Crippen LogP contribution in [0.15, 0.2) is 60.0 Å². The van der Waals surface area contributed by atoms with E-state index in [1.54, 1.807) is 0 Å². The summed E-state index contributed by atoms with van der Waals surface area (Å²) in [5.41, 5.74) is 8.39. The first kappa shape index (κ1) is 12.6. The summed E-state index contributed by atoms with van der Waals surface area (Å²) in [4.78, 5) is 1.39. The second kappa shape index (κ2) is 5.01. The molecule has 3 aromatic rings. The average Bonchev–Trinajstić information content (AvgIpc) is 3.18. The maximum Gasteiger partial charge on any atom is 0.0305 e. The minimum Gasteiger partial charge on any atom is -0.144 e. The lowest BCUT2D eigenvalue weighted by Crippen LogP contribution is -1.91. The molecule has 0 N–H and O–H groups in total. The van der Waals surface area contributed by atoms with Crippen molar-refractivity contribution in [1.29, 1.82) is 0 Å². The van der Waals surface area contributed by atoms with Crippen molar-refractivity contribution in [1.82, 2.24) is 0 Å². The molecule has 0 atom stereocenters. The van der Waals surface area contributed by atoms with Gasteiger partial charge in [0.2, 0.25) is 0 Å². The molecule has 0 aliphatic heterocycles. The van der Waals surface area contributed by atoms with Crippen molar-refractivity contribution >= 4 is 23.0 Å². The van der Waals surface area contributed by atoms with Gasteiger partial charge < -0.3 is 0 Å². The molecule has 1 aromatic heterocycles. The van der Waals surface area contributed by atoms with Crippen LogP contribution in [0.25, 0.3) is 22.8 Å². The van der Waals surface area contributed by atoms with Crippen molar-refractivity contribution in [3.05, 3.63) is 81.5 Å². The molecule has 1 aliphatic carbocycles. The molecule has 4 rings (SSSR count). The molecule has 0 radical (unpaired) electrons. The lowest BCUT2D eigenvalue weighted by Gasteiger charge is -2.10. The zero-order valence-corrected chi connectivity index (χ0v) is 12.8. The van der Waals surface area contributed by atoms with E-state index in [1.807, 2.05) is 11.3 Å². The van der Waals surface area contributed by atoms with Crippen molar-refractivity contribution in [2.75, 3.05) is 0 Å². The largest absolute Gasteiger partial charge is 0.144 e. The molecule has 1 aliphatic rings.